The molecule has 1 rings (SSSR count). The van der Waals surface area contributed by atoms with E-state index in [-0.39, 0.29) is 12.5 Å². The van der Waals surface area contributed by atoms with Crippen molar-refractivity contribution in [3.63, 3.8) is 0 Å². The first-order chi connectivity index (χ1) is 8.21. The molecule has 0 bridgehead atoms. The van der Waals surface area contributed by atoms with Crippen LogP contribution in [-0.2, 0) is 6.54 Å². The molecule has 4 heteroatoms. The quantitative estimate of drug-likeness (QED) is 0.755. The smallest absolute Gasteiger partial charge is 0.123 e. The van der Waals surface area contributed by atoms with Crippen molar-refractivity contribution in [2.24, 2.45) is 5.92 Å². The van der Waals surface area contributed by atoms with Crippen molar-refractivity contribution in [1.82, 2.24) is 5.32 Å². The van der Waals surface area contributed by atoms with Crippen LogP contribution in [0, 0.1) is 5.92 Å². The van der Waals surface area contributed by atoms with Crippen molar-refractivity contribution in [3.05, 3.63) is 23.8 Å². The topological polar surface area (TPSA) is 50.7 Å². The lowest BCUT2D eigenvalue weighted by atomic mass is 10.1. The fraction of sp³-hybridized carbons (Fsp3) is 0.538. The molecule has 0 aliphatic carbocycles. The van der Waals surface area contributed by atoms with E-state index in [1.165, 1.54) is 0 Å². The number of benzene rings is 1. The minimum absolute atomic E-state index is 0.197. The molecule has 2 N–H and O–H groups in total. The van der Waals surface area contributed by atoms with Crippen molar-refractivity contribution in [3.8, 4) is 11.5 Å². The average Bonchev–Trinajstić information content (AvgIpc) is 2.38. The zero-order valence-corrected chi connectivity index (χ0v) is 10.7. The normalized spacial score (nSPS) is 12.2. The van der Waals surface area contributed by atoms with E-state index < -0.39 is 0 Å². The minimum Gasteiger partial charge on any atom is -0.497 e. The van der Waals surface area contributed by atoms with E-state index in [4.69, 9.17) is 14.6 Å². The zero-order chi connectivity index (χ0) is 12.7. The predicted molar refractivity (Wildman–Crippen MR) is 67.5 cm³/mol. The Labute approximate surface area is 103 Å². The zero-order valence-electron chi connectivity index (χ0n) is 10.7. The fourth-order valence-electron chi connectivity index (χ4n) is 1.54. The maximum atomic E-state index is 8.93. The Bertz CT molecular complexity index is 341. The molecule has 1 atom stereocenters. The van der Waals surface area contributed by atoms with Gasteiger partial charge in [-0.25, -0.2) is 0 Å². The lowest BCUT2D eigenvalue weighted by Crippen LogP contribution is -2.23. The monoisotopic (exact) mass is 239 g/mol. The molecule has 0 heterocycles. The molecule has 17 heavy (non-hydrogen) atoms. The maximum absolute atomic E-state index is 8.93. The molecular weight excluding hydrogens is 218 g/mol. The molecule has 0 fully saturated rings. The Balaban J connectivity index is 2.61. The number of aliphatic hydroxyl groups is 1. The van der Waals surface area contributed by atoms with Gasteiger partial charge in [-0.2, -0.15) is 0 Å². The number of methoxy groups -OCH3 is 2. The Hall–Kier alpha value is -1.26. The van der Waals surface area contributed by atoms with Gasteiger partial charge in [0.1, 0.15) is 11.5 Å². The van der Waals surface area contributed by atoms with Gasteiger partial charge in [0.15, 0.2) is 0 Å². The number of nitrogens with one attached hydrogen (secondary N) is 1. The van der Waals surface area contributed by atoms with Crippen molar-refractivity contribution in [2.45, 2.75) is 13.5 Å². The van der Waals surface area contributed by atoms with Crippen LogP contribution in [0.15, 0.2) is 18.2 Å². The summed E-state index contributed by atoms with van der Waals surface area (Å²) in [6.07, 6.45) is 0. The summed E-state index contributed by atoms with van der Waals surface area (Å²) < 4.78 is 10.5. The van der Waals surface area contributed by atoms with Gasteiger partial charge in [-0.3, -0.25) is 0 Å². The Kier molecular flexibility index (Phi) is 5.80. The van der Waals surface area contributed by atoms with Gasteiger partial charge in [0.2, 0.25) is 0 Å². The molecule has 1 aromatic carbocycles. The fourth-order valence-corrected chi connectivity index (χ4v) is 1.54. The van der Waals surface area contributed by atoms with Crippen molar-refractivity contribution < 1.29 is 14.6 Å². The summed E-state index contributed by atoms with van der Waals surface area (Å²) in [5.74, 6) is 1.92. The van der Waals surface area contributed by atoms with Gasteiger partial charge in [-0.05, 0) is 24.1 Å². The van der Waals surface area contributed by atoms with Crippen molar-refractivity contribution in [2.75, 3.05) is 27.4 Å². The van der Waals surface area contributed by atoms with Crippen molar-refractivity contribution >= 4 is 0 Å². The van der Waals surface area contributed by atoms with Gasteiger partial charge in [-0.1, -0.05) is 6.92 Å². The van der Waals surface area contributed by atoms with Crippen LogP contribution in [0.2, 0.25) is 0 Å². The first kappa shape index (κ1) is 13.8. The molecule has 1 unspecified atom stereocenters. The van der Waals surface area contributed by atoms with Crippen LogP contribution < -0.4 is 14.8 Å². The molecule has 0 aromatic heterocycles. The molecule has 0 amide bonds. The standard InChI is InChI=1S/C13H21NO3/c1-10(9-15)7-14-8-11-6-12(16-2)4-5-13(11)17-3/h4-6,10,14-15H,7-9H2,1-3H3. The Morgan fingerprint density at radius 1 is 1.29 bits per heavy atom. The second-order valence-electron chi connectivity index (χ2n) is 4.10. The molecule has 0 aliphatic heterocycles. The Morgan fingerprint density at radius 2 is 2.06 bits per heavy atom. The molecule has 0 radical (unpaired) electrons. The largest absolute Gasteiger partial charge is 0.497 e. The lowest BCUT2D eigenvalue weighted by molar-refractivity contribution is 0.233. The third-order valence-electron chi connectivity index (χ3n) is 2.61. The maximum Gasteiger partial charge on any atom is 0.123 e. The SMILES string of the molecule is COc1ccc(OC)c(CNCC(C)CO)c1. The van der Waals surface area contributed by atoms with E-state index in [9.17, 15) is 0 Å². The predicted octanol–water partition coefficient (Wildman–Crippen LogP) is 1.42. The van der Waals surface area contributed by atoms with Crippen LogP contribution in [0.4, 0.5) is 0 Å². The summed E-state index contributed by atoms with van der Waals surface area (Å²) in [7, 11) is 3.30. The van der Waals surface area contributed by atoms with Crippen LogP contribution >= 0.6 is 0 Å². The molecular formula is C13H21NO3. The van der Waals surface area contributed by atoms with Gasteiger partial charge in [0, 0.05) is 25.3 Å². The molecule has 96 valence electrons. The summed E-state index contributed by atoms with van der Waals surface area (Å²) >= 11 is 0. The highest BCUT2D eigenvalue weighted by molar-refractivity contribution is 5.40. The highest BCUT2D eigenvalue weighted by atomic mass is 16.5. The second kappa shape index (κ2) is 7.14. The molecule has 0 saturated carbocycles. The summed E-state index contributed by atoms with van der Waals surface area (Å²) in [5, 5.41) is 12.2. The summed E-state index contributed by atoms with van der Waals surface area (Å²) in [6, 6.07) is 5.72. The molecule has 1 aromatic rings. The third-order valence-corrected chi connectivity index (χ3v) is 2.61. The first-order valence-corrected chi connectivity index (χ1v) is 5.73. The summed E-state index contributed by atoms with van der Waals surface area (Å²) in [4.78, 5) is 0. The van der Waals surface area contributed by atoms with Gasteiger partial charge < -0.3 is 19.9 Å². The molecule has 0 spiro atoms. The molecule has 4 nitrogen and oxygen atoms in total. The van der Waals surface area contributed by atoms with E-state index >= 15 is 0 Å². The second-order valence-corrected chi connectivity index (χ2v) is 4.10. The molecule has 0 saturated heterocycles. The number of aliphatic hydroxyl groups excluding tert-OH is 1. The minimum atomic E-state index is 0.197. The van der Waals surface area contributed by atoms with E-state index in [2.05, 4.69) is 5.32 Å². The van der Waals surface area contributed by atoms with Gasteiger partial charge in [0.25, 0.3) is 0 Å². The number of hydrogen-bond donors (Lipinski definition) is 2. The van der Waals surface area contributed by atoms with Crippen LogP contribution in [0.1, 0.15) is 12.5 Å². The Morgan fingerprint density at radius 3 is 2.65 bits per heavy atom. The summed E-state index contributed by atoms with van der Waals surface area (Å²) in [6.45, 7) is 3.67. The lowest BCUT2D eigenvalue weighted by Gasteiger charge is -2.13. The first-order valence-electron chi connectivity index (χ1n) is 5.73. The van der Waals surface area contributed by atoms with Crippen LogP contribution in [0.3, 0.4) is 0 Å². The number of ether oxygens (including phenoxy) is 2. The number of hydrogen-bond acceptors (Lipinski definition) is 4. The van der Waals surface area contributed by atoms with Crippen LogP contribution in [-0.4, -0.2) is 32.5 Å². The third kappa shape index (κ3) is 4.24. The van der Waals surface area contributed by atoms with E-state index in [1.807, 2.05) is 25.1 Å². The summed E-state index contributed by atoms with van der Waals surface area (Å²) in [5.41, 5.74) is 1.05. The van der Waals surface area contributed by atoms with Crippen LogP contribution in [0.5, 0.6) is 11.5 Å². The number of rotatable bonds is 7. The molecule has 0 aliphatic rings. The van der Waals surface area contributed by atoms with E-state index in [1.54, 1.807) is 14.2 Å². The highest BCUT2D eigenvalue weighted by Crippen LogP contribution is 2.23. The average molecular weight is 239 g/mol. The van der Waals surface area contributed by atoms with Gasteiger partial charge >= 0.3 is 0 Å². The van der Waals surface area contributed by atoms with Crippen LogP contribution in [0.25, 0.3) is 0 Å². The highest BCUT2D eigenvalue weighted by Gasteiger charge is 2.05. The van der Waals surface area contributed by atoms with E-state index in [0.717, 1.165) is 23.6 Å². The van der Waals surface area contributed by atoms with Gasteiger partial charge in [-0.15, -0.1) is 0 Å². The van der Waals surface area contributed by atoms with Gasteiger partial charge in [0.05, 0.1) is 14.2 Å². The van der Waals surface area contributed by atoms with Crippen molar-refractivity contribution in [1.29, 1.82) is 0 Å². The van der Waals surface area contributed by atoms with E-state index in [0.29, 0.717) is 6.54 Å².